The maximum atomic E-state index is 12.5. The summed E-state index contributed by atoms with van der Waals surface area (Å²) in [4.78, 5) is 12.7. The van der Waals surface area contributed by atoms with Crippen LogP contribution in [0.25, 0.3) is 5.57 Å². The number of benzene rings is 2. The van der Waals surface area contributed by atoms with Gasteiger partial charge in [0.25, 0.3) is 0 Å². The van der Waals surface area contributed by atoms with Crippen LogP contribution in [-0.4, -0.2) is 31.4 Å². The molecule has 136 valence electrons. The van der Waals surface area contributed by atoms with Crippen LogP contribution in [0.2, 0.25) is 0 Å². The van der Waals surface area contributed by atoms with Gasteiger partial charge < -0.3 is 9.84 Å². The summed E-state index contributed by atoms with van der Waals surface area (Å²) >= 11 is 0. The number of hydrogen-bond donors (Lipinski definition) is 1. The largest absolute Gasteiger partial charge is 0.451 e. The second-order valence-electron chi connectivity index (χ2n) is 6.80. The molecule has 1 aliphatic heterocycles. The molecule has 0 spiro atoms. The van der Waals surface area contributed by atoms with Crippen molar-refractivity contribution in [1.29, 1.82) is 0 Å². The van der Waals surface area contributed by atoms with Crippen LogP contribution in [0.3, 0.4) is 0 Å². The fourth-order valence-corrected chi connectivity index (χ4v) is 3.82. The first-order valence-corrected chi connectivity index (χ1v) is 10.0. The van der Waals surface area contributed by atoms with Gasteiger partial charge in [-0.1, -0.05) is 42.5 Å². The second kappa shape index (κ2) is 6.37. The topological polar surface area (TPSA) is 80.7 Å². The number of ether oxygens (including phenoxy) is 1. The molecule has 1 heterocycles. The Kier molecular flexibility index (Phi) is 4.50. The Bertz CT molecular complexity index is 971. The lowest BCUT2D eigenvalue weighted by atomic mass is 9.86. The molecule has 1 N–H and O–H groups in total. The fraction of sp³-hybridized carbons (Fsp3) is 0.250. The Morgan fingerprint density at radius 3 is 2.12 bits per heavy atom. The highest BCUT2D eigenvalue weighted by molar-refractivity contribution is 7.90. The van der Waals surface area contributed by atoms with Crippen LogP contribution in [0.4, 0.5) is 0 Å². The third-order valence-electron chi connectivity index (χ3n) is 4.40. The highest BCUT2D eigenvalue weighted by Crippen LogP contribution is 2.44. The van der Waals surface area contributed by atoms with Crippen molar-refractivity contribution in [3.8, 4) is 0 Å². The van der Waals surface area contributed by atoms with Crippen molar-refractivity contribution in [3.63, 3.8) is 0 Å². The monoisotopic (exact) mass is 372 g/mol. The molecule has 26 heavy (non-hydrogen) atoms. The van der Waals surface area contributed by atoms with Crippen molar-refractivity contribution in [2.75, 3.05) is 6.26 Å². The zero-order valence-corrected chi connectivity index (χ0v) is 15.6. The minimum atomic E-state index is -3.32. The number of aliphatic hydroxyl groups excluding tert-OH is 1. The molecule has 0 saturated heterocycles. The van der Waals surface area contributed by atoms with Crippen molar-refractivity contribution in [3.05, 3.63) is 71.3 Å². The zero-order chi connectivity index (χ0) is 19.1. The maximum Gasteiger partial charge on any atom is 0.338 e. The standard InChI is InChI=1S/C20H20O5S/c1-20(2)17(13-9-11-15(12-10-13)26(3,23)24)16(19(22)25-20)18(21)14-7-5-4-6-8-14/h4-12,18,21H,1-3H3. The Morgan fingerprint density at radius 1 is 1.00 bits per heavy atom. The molecular weight excluding hydrogens is 352 g/mol. The molecule has 0 bridgehead atoms. The number of esters is 1. The van der Waals surface area contributed by atoms with E-state index in [0.29, 0.717) is 16.7 Å². The average molecular weight is 372 g/mol. The summed E-state index contributed by atoms with van der Waals surface area (Å²) in [7, 11) is -3.32. The van der Waals surface area contributed by atoms with Gasteiger partial charge in [0.15, 0.2) is 9.84 Å². The van der Waals surface area contributed by atoms with E-state index in [1.54, 1.807) is 50.2 Å². The number of aliphatic hydroxyl groups is 1. The van der Waals surface area contributed by atoms with Crippen LogP contribution in [0.5, 0.6) is 0 Å². The zero-order valence-electron chi connectivity index (χ0n) is 14.8. The maximum absolute atomic E-state index is 12.5. The molecule has 0 amide bonds. The Morgan fingerprint density at radius 2 is 1.58 bits per heavy atom. The van der Waals surface area contributed by atoms with Gasteiger partial charge in [0, 0.05) is 11.8 Å². The predicted molar refractivity (Wildman–Crippen MR) is 98.0 cm³/mol. The summed E-state index contributed by atoms with van der Waals surface area (Å²) in [5.41, 5.74) is 1.02. The minimum Gasteiger partial charge on any atom is -0.451 e. The normalized spacial score (nSPS) is 17.9. The molecule has 3 rings (SSSR count). The Hall–Kier alpha value is -2.44. The van der Waals surface area contributed by atoms with Crippen molar-refractivity contribution in [2.24, 2.45) is 0 Å². The highest BCUT2D eigenvalue weighted by Gasteiger charge is 2.43. The minimum absolute atomic E-state index is 0.174. The lowest BCUT2D eigenvalue weighted by molar-refractivity contribution is -0.144. The first kappa shape index (κ1) is 18.4. The van der Waals surface area contributed by atoms with Crippen LogP contribution in [0, 0.1) is 0 Å². The van der Waals surface area contributed by atoms with E-state index >= 15 is 0 Å². The average Bonchev–Trinajstić information content (AvgIpc) is 2.83. The second-order valence-corrected chi connectivity index (χ2v) is 8.81. The molecule has 0 fully saturated rings. The van der Waals surface area contributed by atoms with E-state index in [-0.39, 0.29) is 10.5 Å². The molecule has 1 unspecified atom stereocenters. The summed E-state index contributed by atoms with van der Waals surface area (Å²) in [6.07, 6.45) is 0.00733. The molecule has 0 radical (unpaired) electrons. The van der Waals surface area contributed by atoms with E-state index in [2.05, 4.69) is 0 Å². The number of rotatable bonds is 4. The third kappa shape index (κ3) is 3.30. The first-order valence-electron chi connectivity index (χ1n) is 8.13. The van der Waals surface area contributed by atoms with E-state index in [1.165, 1.54) is 12.1 Å². The van der Waals surface area contributed by atoms with E-state index < -0.39 is 27.5 Å². The van der Waals surface area contributed by atoms with Gasteiger partial charge in [-0.05, 0) is 37.1 Å². The molecule has 5 nitrogen and oxygen atoms in total. The predicted octanol–water partition coefficient (Wildman–Crippen LogP) is 2.91. The molecule has 1 atom stereocenters. The van der Waals surface area contributed by atoms with Crippen LogP contribution in [-0.2, 0) is 19.4 Å². The quantitative estimate of drug-likeness (QED) is 0.835. The SMILES string of the molecule is CC1(C)OC(=O)C(C(O)c2ccccc2)=C1c1ccc(S(C)(=O)=O)cc1. The van der Waals surface area contributed by atoms with Gasteiger partial charge in [-0.25, -0.2) is 13.2 Å². The summed E-state index contributed by atoms with van der Waals surface area (Å²) in [5, 5.41) is 10.8. The van der Waals surface area contributed by atoms with Gasteiger partial charge in [0.2, 0.25) is 0 Å². The van der Waals surface area contributed by atoms with Crippen LogP contribution < -0.4 is 0 Å². The van der Waals surface area contributed by atoms with E-state index in [1.807, 2.05) is 6.07 Å². The van der Waals surface area contributed by atoms with Crippen molar-refractivity contribution < 1.29 is 23.1 Å². The molecule has 0 aromatic heterocycles. The molecule has 2 aromatic carbocycles. The first-order chi connectivity index (χ1) is 12.1. The van der Waals surface area contributed by atoms with Crippen molar-refractivity contribution in [2.45, 2.75) is 30.4 Å². The number of hydrogen-bond acceptors (Lipinski definition) is 5. The molecule has 6 heteroatoms. The highest BCUT2D eigenvalue weighted by atomic mass is 32.2. The molecule has 1 aliphatic rings. The van der Waals surface area contributed by atoms with Gasteiger partial charge in [0.05, 0.1) is 10.5 Å². The lowest BCUT2D eigenvalue weighted by Crippen LogP contribution is -2.22. The lowest BCUT2D eigenvalue weighted by Gasteiger charge is -2.22. The van der Waals surface area contributed by atoms with Gasteiger partial charge in [-0.15, -0.1) is 0 Å². The third-order valence-corrected chi connectivity index (χ3v) is 5.53. The molecule has 2 aromatic rings. The molecule has 0 aliphatic carbocycles. The van der Waals surface area contributed by atoms with Gasteiger partial charge in [-0.3, -0.25) is 0 Å². The van der Waals surface area contributed by atoms with E-state index in [4.69, 9.17) is 4.74 Å². The van der Waals surface area contributed by atoms with E-state index in [0.717, 1.165) is 6.26 Å². The van der Waals surface area contributed by atoms with Crippen molar-refractivity contribution >= 4 is 21.4 Å². The van der Waals surface area contributed by atoms with Gasteiger partial charge in [0.1, 0.15) is 11.7 Å². The molecular formula is C20H20O5S. The molecule has 0 saturated carbocycles. The smallest absolute Gasteiger partial charge is 0.338 e. The van der Waals surface area contributed by atoms with Crippen LogP contribution >= 0.6 is 0 Å². The number of cyclic esters (lactones) is 1. The summed E-state index contributed by atoms with van der Waals surface area (Å²) in [6, 6.07) is 15.1. The Labute approximate surface area is 152 Å². The summed E-state index contributed by atoms with van der Waals surface area (Å²) in [5.74, 6) is -0.575. The van der Waals surface area contributed by atoms with Crippen LogP contribution in [0.15, 0.2) is 65.1 Å². The summed E-state index contributed by atoms with van der Waals surface area (Å²) < 4.78 is 28.8. The number of carbonyl (C=O) groups is 1. The van der Waals surface area contributed by atoms with E-state index in [9.17, 15) is 18.3 Å². The van der Waals surface area contributed by atoms with Crippen molar-refractivity contribution in [1.82, 2.24) is 0 Å². The van der Waals surface area contributed by atoms with Crippen LogP contribution in [0.1, 0.15) is 31.1 Å². The van der Waals surface area contributed by atoms with Gasteiger partial charge in [-0.2, -0.15) is 0 Å². The Balaban J connectivity index is 2.15. The number of carbonyl (C=O) groups excluding carboxylic acids is 1. The fourth-order valence-electron chi connectivity index (χ4n) is 3.19. The summed E-state index contributed by atoms with van der Waals surface area (Å²) in [6.45, 7) is 3.49. The van der Waals surface area contributed by atoms with Gasteiger partial charge >= 0.3 is 5.97 Å². The number of sulfone groups is 1.